The number of amides is 1. The number of ether oxygens (including phenoxy) is 2. The van der Waals surface area contributed by atoms with E-state index >= 15 is 0 Å². The zero-order chi connectivity index (χ0) is 16.9. The fourth-order valence-corrected chi connectivity index (χ4v) is 2.76. The second-order valence-corrected chi connectivity index (χ2v) is 6.04. The van der Waals surface area contributed by atoms with Gasteiger partial charge in [-0.3, -0.25) is 4.79 Å². The van der Waals surface area contributed by atoms with Gasteiger partial charge >= 0.3 is 0 Å². The molecule has 1 heterocycles. The molecule has 5 heteroatoms. The van der Waals surface area contributed by atoms with Crippen LogP contribution in [0.4, 0.5) is 5.69 Å². The molecule has 0 saturated heterocycles. The summed E-state index contributed by atoms with van der Waals surface area (Å²) in [6, 6.07) is 11.9. The Hall–Kier alpha value is -2.53. The number of hydrogen-bond donors (Lipinski definition) is 2. The highest BCUT2D eigenvalue weighted by atomic mass is 16.7. The van der Waals surface area contributed by atoms with Crippen LogP contribution >= 0.6 is 0 Å². The minimum atomic E-state index is 0.0122. The Morgan fingerprint density at radius 3 is 2.58 bits per heavy atom. The highest BCUT2D eigenvalue weighted by molar-refractivity contribution is 5.91. The molecule has 0 atom stereocenters. The summed E-state index contributed by atoms with van der Waals surface area (Å²) >= 11 is 0. The molecule has 3 rings (SSSR count). The van der Waals surface area contributed by atoms with Gasteiger partial charge in [-0.1, -0.05) is 12.1 Å². The number of anilines is 1. The highest BCUT2D eigenvalue weighted by Gasteiger charge is 2.12. The molecule has 0 aromatic heterocycles. The molecule has 126 valence electrons. The largest absolute Gasteiger partial charge is 0.454 e. The first-order chi connectivity index (χ1) is 11.6. The van der Waals surface area contributed by atoms with Crippen LogP contribution in [-0.4, -0.2) is 19.2 Å². The molecular formula is C19H22N2O3. The third-order valence-electron chi connectivity index (χ3n) is 3.80. The molecule has 0 radical (unpaired) electrons. The zero-order valence-electron chi connectivity index (χ0n) is 14.0. The first-order valence-corrected chi connectivity index (χ1v) is 8.07. The summed E-state index contributed by atoms with van der Waals surface area (Å²) in [6.45, 7) is 5.63. The van der Waals surface area contributed by atoms with E-state index in [1.807, 2.05) is 44.2 Å². The molecule has 2 aromatic rings. The predicted octanol–water partition coefficient (Wildman–Crippen LogP) is 3.15. The topological polar surface area (TPSA) is 59.6 Å². The summed E-state index contributed by atoms with van der Waals surface area (Å²) in [7, 11) is 0. The SMILES string of the molecule is Cc1cc(C)cc(NC(=O)CCNCc2ccc3c(c2)OCO3)c1. The summed E-state index contributed by atoms with van der Waals surface area (Å²) in [5, 5.41) is 6.22. The summed E-state index contributed by atoms with van der Waals surface area (Å²) in [6.07, 6.45) is 0.428. The zero-order valence-corrected chi connectivity index (χ0v) is 14.0. The van der Waals surface area contributed by atoms with Gasteiger partial charge < -0.3 is 20.1 Å². The minimum absolute atomic E-state index is 0.0122. The van der Waals surface area contributed by atoms with Crippen molar-refractivity contribution < 1.29 is 14.3 Å². The molecule has 5 nitrogen and oxygen atoms in total. The van der Waals surface area contributed by atoms with Crippen LogP contribution in [0.2, 0.25) is 0 Å². The van der Waals surface area contributed by atoms with E-state index in [-0.39, 0.29) is 12.7 Å². The maximum atomic E-state index is 12.0. The lowest BCUT2D eigenvalue weighted by Gasteiger charge is -2.09. The molecule has 1 aliphatic heterocycles. The average Bonchev–Trinajstić information content (AvgIpc) is 2.98. The summed E-state index contributed by atoms with van der Waals surface area (Å²) < 4.78 is 10.6. The van der Waals surface area contributed by atoms with E-state index < -0.39 is 0 Å². The van der Waals surface area contributed by atoms with Crippen molar-refractivity contribution in [3.05, 3.63) is 53.1 Å². The Morgan fingerprint density at radius 1 is 1.04 bits per heavy atom. The van der Waals surface area contributed by atoms with Gasteiger partial charge in [0.2, 0.25) is 12.7 Å². The average molecular weight is 326 g/mol. The van der Waals surface area contributed by atoms with Crippen LogP contribution in [0.15, 0.2) is 36.4 Å². The molecule has 0 fully saturated rings. The van der Waals surface area contributed by atoms with Gasteiger partial charge in [-0.05, 0) is 54.8 Å². The van der Waals surface area contributed by atoms with Crippen molar-refractivity contribution >= 4 is 11.6 Å². The van der Waals surface area contributed by atoms with Crippen LogP contribution in [0.25, 0.3) is 0 Å². The number of carbonyl (C=O) groups excluding carboxylic acids is 1. The second kappa shape index (κ2) is 7.36. The van der Waals surface area contributed by atoms with Crippen LogP contribution in [0.1, 0.15) is 23.1 Å². The van der Waals surface area contributed by atoms with E-state index in [1.165, 1.54) is 0 Å². The number of aryl methyl sites for hydroxylation is 2. The van der Waals surface area contributed by atoms with Crippen molar-refractivity contribution in [2.45, 2.75) is 26.8 Å². The Labute approximate surface area is 142 Å². The highest BCUT2D eigenvalue weighted by Crippen LogP contribution is 2.32. The smallest absolute Gasteiger partial charge is 0.231 e. The van der Waals surface area contributed by atoms with E-state index in [1.54, 1.807) is 0 Å². The molecule has 1 amide bonds. The lowest BCUT2D eigenvalue weighted by molar-refractivity contribution is -0.116. The third-order valence-corrected chi connectivity index (χ3v) is 3.80. The Morgan fingerprint density at radius 2 is 1.79 bits per heavy atom. The monoisotopic (exact) mass is 326 g/mol. The van der Waals surface area contributed by atoms with Crippen molar-refractivity contribution in [3.63, 3.8) is 0 Å². The minimum Gasteiger partial charge on any atom is -0.454 e. The number of nitrogens with one attached hydrogen (secondary N) is 2. The molecule has 0 spiro atoms. The van der Waals surface area contributed by atoms with Gasteiger partial charge in [0.15, 0.2) is 11.5 Å². The summed E-state index contributed by atoms with van der Waals surface area (Å²) in [5.74, 6) is 1.58. The number of hydrogen-bond acceptors (Lipinski definition) is 4. The van der Waals surface area contributed by atoms with E-state index in [9.17, 15) is 4.79 Å². The van der Waals surface area contributed by atoms with Gasteiger partial charge in [0.05, 0.1) is 0 Å². The van der Waals surface area contributed by atoms with E-state index in [2.05, 4.69) is 16.7 Å². The van der Waals surface area contributed by atoms with Gasteiger partial charge in [0, 0.05) is 25.2 Å². The number of carbonyl (C=O) groups is 1. The van der Waals surface area contributed by atoms with E-state index in [0.29, 0.717) is 19.5 Å². The number of benzene rings is 2. The Kier molecular flexibility index (Phi) is 5.01. The normalized spacial score (nSPS) is 12.2. The van der Waals surface area contributed by atoms with Crippen molar-refractivity contribution in [3.8, 4) is 11.5 Å². The summed E-state index contributed by atoms with van der Waals surface area (Å²) in [5.41, 5.74) is 4.25. The van der Waals surface area contributed by atoms with Crippen LogP contribution in [-0.2, 0) is 11.3 Å². The van der Waals surface area contributed by atoms with Crippen molar-refractivity contribution in [2.24, 2.45) is 0 Å². The Balaban J connectivity index is 1.42. The van der Waals surface area contributed by atoms with Crippen LogP contribution in [0.5, 0.6) is 11.5 Å². The molecule has 2 N–H and O–H groups in total. The first-order valence-electron chi connectivity index (χ1n) is 8.07. The van der Waals surface area contributed by atoms with Gasteiger partial charge in [0.25, 0.3) is 0 Å². The second-order valence-electron chi connectivity index (χ2n) is 6.04. The van der Waals surface area contributed by atoms with Gasteiger partial charge in [0.1, 0.15) is 0 Å². The lowest BCUT2D eigenvalue weighted by atomic mass is 10.1. The molecule has 2 aromatic carbocycles. The maximum absolute atomic E-state index is 12.0. The molecule has 24 heavy (non-hydrogen) atoms. The van der Waals surface area contributed by atoms with E-state index in [0.717, 1.165) is 33.9 Å². The lowest BCUT2D eigenvalue weighted by Crippen LogP contribution is -2.21. The fourth-order valence-electron chi connectivity index (χ4n) is 2.76. The van der Waals surface area contributed by atoms with Crippen LogP contribution in [0.3, 0.4) is 0 Å². The number of rotatable bonds is 6. The van der Waals surface area contributed by atoms with Crippen molar-refractivity contribution in [1.29, 1.82) is 0 Å². The molecule has 0 bridgehead atoms. The van der Waals surface area contributed by atoms with Crippen LogP contribution < -0.4 is 20.1 Å². The number of fused-ring (bicyclic) bond motifs is 1. The molecule has 0 unspecified atom stereocenters. The fraction of sp³-hybridized carbons (Fsp3) is 0.316. The molecule has 1 aliphatic rings. The van der Waals surface area contributed by atoms with Gasteiger partial charge in [-0.25, -0.2) is 0 Å². The maximum Gasteiger partial charge on any atom is 0.231 e. The van der Waals surface area contributed by atoms with Crippen molar-refractivity contribution in [1.82, 2.24) is 5.32 Å². The standard InChI is InChI=1S/C19H22N2O3/c1-13-7-14(2)9-16(8-13)21-19(22)5-6-20-11-15-3-4-17-18(10-15)24-12-23-17/h3-4,7-10,20H,5-6,11-12H2,1-2H3,(H,21,22). The molecule has 0 aliphatic carbocycles. The quantitative estimate of drug-likeness (QED) is 0.801. The Bertz CT molecular complexity index is 723. The van der Waals surface area contributed by atoms with Crippen LogP contribution in [0, 0.1) is 13.8 Å². The molecule has 0 saturated carbocycles. The first kappa shape index (κ1) is 16.3. The van der Waals surface area contributed by atoms with Crippen molar-refractivity contribution in [2.75, 3.05) is 18.7 Å². The van der Waals surface area contributed by atoms with Gasteiger partial charge in [-0.2, -0.15) is 0 Å². The summed E-state index contributed by atoms with van der Waals surface area (Å²) in [4.78, 5) is 12.0. The van der Waals surface area contributed by atoms with E-state index in [4.69, 9.17) is 9.47 Å². The third kappa shape index (κ3) is 4.26. The van der Waals surface area contributed by atoms with Gasteiger partial charge in [-0.15, -0.1) is 0 Å². The molecular weight excluding hydrogens is 304 g/mol. The predicted molar refractivity (Wildman–Crippen MR) is 93.4 cm³/mol.